The van der Waals surface area contributed by atoms with Gasteiger partial charge in [0.2, 0.25) is 0 Å². The molecule has 19 heavy (non-hydrogen) atoms. The first-order valence-corrected chi connectivity index (χ1v) is 15.4. The van der Waals surface area contributed by atoms with Gasteiger partial charge in [-0.2, -0.15) is 0 Å². The van der Waals surface area contributed by atoms with Crippen molar-refractivity contribution in [1.82, 2.24) is 0 Å². The molecule has 107 valence electrons. The van der Waals surface area contributed by atoms with Gasteiger partial charge in [-0.25, -0.2) is 0 Å². The van der Waals surface area contributed by atoms with Crippen LogP contribution in [0.1, 0.15) is 37.8 Å². The van der Waals surface area contributed by atoms with Crippen LogP contribution < -0.4 is 0 Å². The molecule has 0 spiro atoms. The Kier molecular flexibility index (Phi) is 9.15. The monoisotopic (exact) mass is 371 g/mol. The van der Waals surface area contributed by atoms with E-state index in [2.05, 4.69) is 28.7 Å². The summed E-state index contributed by atoms with van der Waals surface area (Å²) in [5, 5.41) is 8.85. The van der Waals surface area contributed by atoms with Crippen LogP contribution in [0.4, 0.5) is 0 Å². The average Bonchev–Trinajstić information content (AvgIpc) is 2.27. The number of aliphatic carboxylic acids is 1. The predicted molar refractivity (Wildman–Crippen MR) is 84.4 cm³/mol. The predicted octanol–water partition coefficient (Wildman–Crippen LogP) is 4.44. The van der Waals surface area contributed by atoms with Crippen molar-refractivity contribution in [3.05, 3.63) is 35.4 Å². The molecule has 0 aliphatic carbocycles. The Bertz CT molecular complexity index is 366. The van der Waals surface area contributed by atoms with Gasteiger partial charge in [0, 0.05) is 0 Å². The van der Waals surface area contributed by atoms with E-state index in [1.807, 2.05) is 24.3 Å². The molecule has 0 saturated carbocycles. The van der Waals surface area contributed by atoms with Crippen molar-refractivity contribution in [2.45, 2.75) is 47.9 Å². The summed E-state index contributed by atoms with van der Waals surface area (Å²) in [4.78, 5) is 17.9. The summed E-state index contributed by atoms with van der Waals surface area (Å²) in [6.07, 6.45) is 1.04. The van der Waals surface area contributed by atoms with E-state index in [0.29, 0.717) is 5.92 Å². The van der Waals surface area contributed by atoms with Gasteiger partial charge in [0.25, 0.3) is 0 Å². The molecule has 0 aliphatic rings. The van der Waals surface area contributed by atoms with Crippen molar-refractivity contribution in [2.24, 2.45) is 5.92 Å². The first-order chi connectivity index (χ1) is 8.73. The topological polar surface area (TPSA) is 37.3 Å². The standard InChI is InChI=1S/C13H18O2.3CH3.Sn/c1-9(2)8-11-4-6-12(7-5-11)10(3)13(14)15;;;;/h4-7,9-10H,8H2,1-3H3,(H,14,15);3*1H3;. The molecule has 0 aliphatic heterocycles. The van der Waals surface area contributed by atoms with E-state index in [1.165, 1.54) is 5.56 Å². The minimum atomic E-state index is -0.772. The second kappa shape index (κ2) is 9.40. The zero-order valence-electron chi connectivity index (χ0n) is 13.0. The van der Waals surface area contributed by atoms with Crippen molar-refractivity contribution < 1.29 is 9.90 Å². The van der Waals surface area contributed by atoms with Crippen LogP contribution in [0.2, 0.25) is 14.8 Å². The number of rotatable bonds is 4. The van der Waals surface area contributed by atoms with E-state index in [-0.39, 0.29) is 0 Å². The minimum absolute atomic E-state index is 0.418. The Morgan fingerprint density at radius 1 is 1.11 bits per heavy atom. The van der Waals surface area contributed by atoms with Crippen LogP contribution in [0.25, 0.3) is 0 Å². The SMILES string of the molecule is CC(C)Cc1ccc(C(C)C(=O)O)cc1.[CH3][Sn]([CH3])[CH3]. The zero-order chi connectivity index (χ0) is 15.0. The number of carboxylic acids is 1. The van der Waals surface area contributed by atoms with Gasteiger partial charge < -0.3 is 5.11 Å². The quantitative estimate of drug-likeness (QED) is 0.796. The molecule has 0 fully saturated rings. The fourth-order valence-corrected chi connectivity index (χ4v) is 1.56. The summed E-state index contributed by atoms with van der Waals surface area (Å²) in [6.45, 7) is 6.06. The van der Waals surface area contributed by atoms with E-state index < -0.39 is 31.6 Å². The summed E-state index contributed by atoms with van der Waals surface area (Å²) < 4.78 is 0. The Hall–Kier alpha value is -0.511. The molecule has 1 aromatic rings. The molecule has 0 aromatic heterocycles. The second-order valence-corrected chi connectivity index (χ2v) is 14.5. The van der Waals surface area contributed by atoms with Crippen LogP contribution >= 0.6 is 0 Å². The molecular weight excluding hydrogens is 343 g/mol. The van der Waals surface area contributed by atoms with Gasteiger partial charge in [-0.1, -0.05) is 38.1 Å². The summed E-state index contributed by atoms with van der Waals surface area (Å²) >= 11 is -0.543. The van der Waals surface area contributed by atoms with Crippen molar-refractivity contribution >= 4 is 25.7 Å². The van der Waals surface area contributed by atoms with Gasteiger partial charge >= 0.3 is 40.5 Å². The third kappa shape index (κ3) is 9.09. The van der Waals surface area contributed by atoms with E-state index in [0.717, 1.165) is 12.0 Å². The van der Waals surface area contributed by atoms with Gasteiger partial charge in [-0.3, -0.25) is 4.79 Å². The normalized spacial score (nSPS) is 12.0. The molecule has 1 radical (unpaired) electrons. The molecule has 0 bridgehead atoms. The van der Waals surface area contributed by atoms with Crippen molar-refractivity contribution in [3.8, 4) is 0 Å². The van der Waals surface area contributed by atoms with Gasteiger partial charge in [0.15, 0.2) is 0 Å². The van der Waals surface area contributed by atoms with Gasteiger partial charge in [-0.15, -0.1) is 0 Å². The maximum absolute atomic E-state index is 10.8. The number of hydrogen-bond donors (Lipinski definition) is 1. The van der Waals surface area contributed by atoms with Gasteiger partial charge in [0.1, 0.15) is 0 Å². The number of benzene rings is 1. The van der Waals surface area contributed by atoms with Crippen LogP contribution in [0, 0.1) is 5.92 Å². The summed E-state index contributed by atoms with van der Waals surface area (Å²) in [5.74, 6) is -0.558. The molecule has 0 heterocycles. The Morgan fingerprint density at radius 2 is 1.53 bits per heavy atom. The Labute approximate surface area is 125 Å². The molecule has 3 heteroatoms. The van der Waals surface area contributed by atoms with Gasteiger partial charge in [0.05, 0.1) is 5.92 Å². The first kappa shape index (κ1) is 18.5. The first-order valence-electron chi connectivity index (χ1n) is 6.82. The summed E-state index contributed by atoms with van der Waals surface area (Å²) in [6, 6.07) is 7.87. The molecule has 0 amide bonds. The van der Waals surface area contributed by atoms with E-state index in [9.17, 15) is 4.79 Å². The van der Waals surface area contributed by atoms with Crippen LogP contribution in [-0.4, -0.2) is 30.8 Å². The van der Waals surface area contributed by atoms with Gasteiger partial charge in [-0.05, 0) is 30.4 Å². The summed E-state index contributed by atoms with van der Waals surface area (Å²) in [5.41, 5.74) is 2.14. The van der Waals surface area contributed by atoms with Crippen LogP contribution in [0.3, 0.4) is 0 Å². The molecule has 1 N–H and O–H groups in total. The van der Waals surface area contributed by atoms with Crippen LogP contribution in [0.5, 0.6) is 0 Å². The molecule has 1 unspecified atom stereocenters. The zero-order valence-corrected chi connectivity index (χ0v) is 15.9. The van der Waals surface area contributed by atoms with Crippen LogP contribution in [0.15, 0.2) is 24.3 Å². The van der Waals surface area contributed by atoms with Crippen molar-refractivity contribution in [3.63, 3.8) is 0 Å². The van der Waals surface area contributed by atoms with Crippen LogP contribution in [-0.2, 0) is 11.2 Å². The fraction of sp³-hybridized carbons (Fsp3) is 0.562. The molecule has 2 nitrogen and oxygen atoms in total. The fourth-order valence-electron chi connectivity index (χ4n) is 1.56. The Balaban J connectivity index is 0.000000711. The maximum atomic E-state index is 10.8. The molecule has 0 saturated heterocycles. The average molecular weight is 370 g/mol. The molecular formula is C16H27O2Sn. The number of hydrogen-bond acceptors (Lipinski definition) is 1. The molecule has 1 rings (SSSR count). The Morgan fingerprint density at radius 3 is 1.84 bits per heavy atom. The third-order valence-corrected chi connectivity index (χ3v) is 2.49. The van der Waals surface area contributed by atoms with Crippen molar-refractivity contribution in [1.29, 1.82) is 0 Å². The summed E-state index contributed by atoms with van der Waals surface area (Å²) in [7, 11) is 0. The number of carboxylic acid groups (broad SMARTS) is 1. The molecule has 1 aromatic carbocycles. The van der Waals surface area contributed by atoms with E-state index >= 15 is 0 Å². The second-order valence-electron chi connectivity index (χ2n) is 5.90. The number of carbonyl (C=O) groups is 1. The molecule has 1 atom stereocenters. The van der Waals surface area contributed by atoms with E-state index in [1.54, 1.807) is 6.92 Å². The van der Waals surface area contributed by atoms with Crippen molar-refractivity contribution in [2.75, 3.05) is 0 Å². The van der Waals surface area contributed by atoms with E-state index in [4.69, 9.17) is 5.11 Å². The third-order valence-electron chi connectivity index (χ3n) is 2.49.